The molecule has 0 spiro atoms. The maximum Gasteiger partial charge on any atom is 0.320 e. The standard InChI is InChI=1S/C6H14N4O2.C6H14N2O2.C5H11NO2S.C3H7NO2/c7-4(5(11)12)2-1-3-10-6(8)9;7-4-2-1-3-5(8)6(9)10;1-9-3-2-4(6)5(7)8;1-2(4)3(5)6/h4H,1-3,7H2,(H,11,12)(H4,8,9,10);5H,1-4,7-8H2,(H,9,10);4H,2-3,6H2,1H3,(H,7,8);2H,4H2,1H3,(H,5,6)/t4-;5-;4-;2-/m0000/s1. The number of carboxylic acids is 4. The largest absolute Gasteiger partial charge is 0.480 e. The van der Waals surface area contributed by atoms with Crippen LogP contribution in [0.15, 0.2) is 4.99 Å². The van der Waals surface area contributed by atoms with Crippen LogP contribution in [-0.2, 0) is 19.2 Å². The monoisotopic (exact) mass is 558 g/mol. The number of aliphatic imine (C=N–C) groups is 1. The van der Waals surface area contributed by atoms with Gasteiger partial charge in [-0.25, -0.2) is 0 Å². The lowest BCUT2D eigenvalue weighted by molar-refractivity contribution is -0.139. The molecule has 4 atom stereocenters. The normalized spacial score (nSPS) is 12.8. The molecule has 17 heteroatoms. The molecule has 0 amide bonds. The fourth-order valence-electron chi connectivity index (χ4n) is 1.64. The van der Waals surface area contributed by atoms with Crippen LogP contribution in [-0.4, -0.2) is 99.5 Å². The van der Waals surface area contributed by atoms with Gasteiger partial charge in [0.25, 0.3) is 0 Å². The van der Waals surface area contributed by atoms with Crippen LogP contribution in [0.5, 0.6) is 0 Å². The minimum Gasteiger partial charge on any atom is -0.480 e. The topological polar surface area (TPSA) is 344 Å². The Hall–Kier alpha value is -2.70. The Morgan fingerprint density at radius 2 is 1.11 bits per heavy atom. The molecule has 18 N–H and O–H groups in total. The van der Waals surface area contributed by atoms with Crippen LogP contribution in [0.2, 0.25) is 0 Å². The second-order valence-electron chi connectivity index (χ2n) is 7.48. The lowest BCUT2D eigenvalue weighted by Gasteiger charge is -2.03. The summed E-state index contributed by atoms with van der Waals surface area (Å²) in [5.41, 5.74) is 35.8. The van der Waals surface area contributed by atoms with Crippen LogP contribution in [0, 0.1) is 0 Å². The zero-order valence-electron chi connectivity index (χ0n) is 21.5. The molecular weight excluding hydrogens is 512 g/mol. The van der Waals surface area contributed by atoms with Crippen molar-refractivity contribution in [3.63, 3.8) is 0 Å². The van der Waals surface area contributed by atoms with E-state index in [4.69, 9.17) is 60.6 Å². The molecule has 37 heavy (non-hydrogen) atoms. The molecule has 0 aliphatic heterocycles. The van der Waals surface area contributed by atoms with E-state index in [1.807, 2.05) is 6.26 Å². The van der Waals surface area contributed by atoms with Gasteiger partial charge in [-0.3, -0.25) is 24.2 Å². The van der Waals surface area contributed by atoms with E-state index in [0.717, 1.165) is 18.6 Å². The summed E-state index contributed by atoms with van der Waals surface area (Å²) >= 11 is 1.60. The second kappa shape index (κ2) is 27.9. The van der Waals surface area contributed by atoms with Gasteiger partial charge >= 0.3 is 23.9 Å². The maximum absolute atomic E-state index is 10.2. The molecule has 0 unspecified atom stereocenters. The summed E-state index contributed by atoms with van der Waals surface area (Å²) in [6.45, 7) is 2.44. The van der Waals surface area contributed by atoms with Crippen LogP contribution in [0.3, 0.4) is 0 Å². The van der Waals surface area contributed by atoms with Gasteiger partial charge in [0.1, 0.15) is 24.2 Å². The highest BCUT2D eigenvalue weighted by molar-refractivity contribution is 7.98. The molecule has 0 saturated heterocycles. The van der Waals surface area contributed by atoms with Crippen molar-refractivity contribution in [2.45, 2.75) is 69.6 Å². The first kappa shape index (κ1) is 41.4. The van der Waals surface area contributed by atoms with Crippen LogP contribution < -0.4 is 40.1 Å². The smallest absolute Gasteiger partial charge is 0.320 e. The Balaban J connectivity index is -0.000000201. The minimum atomic E-state index is -1.00. The highest BCUT2D eigenvalue weighted by Gasteiger charge is 2.10. The van der Waals surface area contributed by atoms with Crippen LogP contribution >= 0.6 is 11.8 Å². The molecule has 0 aliphatic carbocycles. The minimum absolute atomic E-state index is 0.0129. The predicted molar refractivity (Wildman–Crippen MR) is 144 cm³/mol. The number of rotatable bonds is 15. The molecule has 0 rings (SSSR count). The van der Waals surface area contributed by atoms with Gasteiger partial charge in [-0.05, 0) is 57.6 Å². The Labute approximate surface area is 221 Å². The third kappa shape index (κ3) is 38.0. The van der Waals surface area contributed by atoms with Gasteiger partial charge in [0.15, 0.2) is 5.96 Å². The van der Waals surface area contributed by atoms with Crippen molar-refractivity contribution in [2.24, 2.45) is 45.1 Å². The number of hydrogen-bond donors (Lipinski definition) is 11. The molecule has 0 aliphatic rings. The van der Waals surface area contributed by atoms with Gasteiger partial charge in [0.2, 0.25) is 0 Å². The quantitative estimate of drug-likeness (QED) is 0.0563. The number of carboxylic acid groups (broad SMARTS) is 4. The van der Waals surface area contributed by atoms with Crippen LogP contribution in [0.25, 0.3) is 0 Å². The van der Waals surface area contributed by atoms with E-state index >= 15 is 0 Å². The van der Waals surface area contributed by atoms with E-state index in [9.17, 15) is 19.2 Å². The Morgan fingerprint density at radius 1 is 0.730 bits per heavy atom. The maximum atomic E-state index is 10.2. The van der Waals surface area contributed by atoms with E-state index in [1.165, 1.54) is 6.92 Å². The first-order chi connectivity index (χ1) is 17.0. The third-order valence-electron chi connectivity index (χ3n) is 3.91. The number of nitrogens with zero attached hydrogens (tertiary/aromatic N) is 1. The van der Waals surface area contributed by atoms with Crippen molar-refractivity contribution in [1.82, 2.24) is 0 Å². The summed E-state index contributed by atoms with van der Waals surface area (Å²) in [5.74, 6) is -2.98. The molecule has 0 radical (unpaired) electrons. The van der Waals surface area contributed by atoms with Gasteiger partial charge in [0.05, 0.1) is 0 Å². The van der Waals surface area contributed by atoms with Crippen molar-refractivity contribution in [3.05, 3.63) is 0 Å². The molecule has 0 heterocycles. The number of hydrogen-bond acceptors (Lipinski definition) is 11. The number of nitrogens with two attached hydrogens (primary N) is 7. The summed E-state index contributed by atoms with van der Waals surface area (Å²) in [5, 5.41) is 32.8. The SMILES string of the molecule is CSCC[C@H](N)C(=O)O.C[C@H](N)C(=O)O.NC(N)=NCCC[C@H](N)C(=O)O.NCCCC[C@H](N)C(=O)O. The number of thioether (sulfide) groups is 1. The molecule has 0 bridgehead atoms. The molecule has 220 valence electrons. The first-order valence-corrected chi connectivity index (χ1v) is 12.6. The average Bonchev–Trinajstić information content (AvgIpc) is 2.80. The van der Waals surface area contributed by atoms with E-state index in [2.05, 4.69) is 4.99 Å². The van der Waals surface area contributed by atoms with Crippen molar-refractivity contribution in [2.75, 3.05) is 25.1 Å². The van der Waals surface area contributed by atoms with Crippen molar-refractivity contribution < 1.29 is 39.6 Å². The van der Waals surface area contributed by atoms with E-state index in [0.29, 0.717) is 38.8 Å². The molecule has 0 aromatic rings. The highest BCUT2D eigenvalue weighted by atomic mass is 32.2. The van der Waals surface area contributed by atoms with Crippen molar-refractivity contribution in [1.29, 1.82) is 0 Å². The summed E-state index contributed by atoms with van der Waals surface area (Å²) in [4.78, 5) is 43.7. The number of unbranched alkanes of at least 4 members (excludes halogenated alkanes) is 1. The van der Waals surface area contributed by atoms with Gasteiger partial charge in [-0.2, -0.15) is 11.8 Å². The zero-order chi connectivity index (χ0) is 30.0. The van der Waals surface area contributed by atoms with E-state index < -0.39 is 48.0 Å². The molecule has 16 nitrogen and oxygen atoms in total. The Morgan fingerprint density at radius 3 is 1.41 bits per heavy atom. The molecular formula is C20H46N8O8S. The van der Waals surface area contributed by atoms with Crippen LogP contribution in [0.1, 0.15) is 45.4 Å². The lowest BCUT2D eigenvalue weighted by atomic mass is 10.1. The number of guanidine groups is 1. The number of carbonyl (C=O) groups is 4. The van der Waals surface area contributed by atoms with Crippen molar-refractivity contribution >= 4 is 41.6 Å². The fourth-order valence-corrected chi connectivity index (χ4v) is 2.13. The summed E-state index contributed by atoms with van der Waals surface area (Å²) in [6.07, 6.45) is 5.60. The van der Waals surface area contributed by atoms with E-state index in [1.54, 1.807) is 11.8 Å². The van der Waals surface area contributed by atoms with Gasteiger partial charge in [-0.1, -0.05) is 6.42 Å². The summed E-state index contributed by atoms with van der Waals surface area (Å²) in [7, 11) is 0. The fraction of sp³-hybridized carbons (Fsp3) is 0.750. The van der Waals surface area contributed by atoms with Gasteiger partial charge < -0.3 is 60.6 Å². The zero-order valence-corrected chi connectivity index (χ0v) is 22.3. The lowest BCUT2D eigenvalue weighted by Crippen LogP contribution is -2.30. The first-order valence-electron chi connectivity index (χ1n) is 11.2. The Bertz CT molecular complexity index is 652. The van der Waals surface area contributed by atoms with Gasteiger partial charge in [-0.15, -0.1) is 0 Å². The predicted octanol–water partition coefficient (Wildman–Crippen LogP) is -2.45. The highest BCUT2D eigenvalue weighted by Crippen LogP contribution is 1.98. The van der Waals surface area contributed by atoms with Gasteiger partial charge in [0, 0.05) is 6.54 Å². The average molecular weight is 559 g/mol. The molecule has 0 fully saturated rings. The Kier molecular flexibility index (Phi) is 31.2. The van der Waals surface area contributed by atoms with E-state index in [-0.39, 0.29) is 5.96 Å². The molecule has 0 saturated carbocycles. The molecule has 0 aromatic carbocycles. The molecule has 0 aromatic heterocycles. The summed E-state index contributed by atoms with van der Waals surface area (Å²) in [6, 6.07) is -2.95. The van der Waals surface area contributed by atoms with Crippen LogP contribution in [0.4, 0.5) is 0 Å². The third-order valence-corrected chi connectivity index (χ3v) is 4.55. The second-order valence-corrected chi connectivity index (χ2v) is 8.46. The van der Waals surface area contributed by atoms with Crippen molar-refractivity contribution in [3.8, 4) is 0 Å². The summed E-state index contributed by atoms with van der Waals surface area (Å²) < 4.78 is 0. The number of aliphatic carboxylic acids is 4.